The quantitative estimate of drug-likeness (QED) is 0.208. The number of rotatable bonds is 6. The summed E-state index contributed by atoms with van der Waals surface area (Å²) >= 11 is 3.70. The van der Waals surface area contributed by atoms with E-state index in [2.05, 4.69) is 43.3 Å². The number of aliphatic hydroxyl groups excluding tert-OH is 2. The molecule has 0 saturated carbocycles. The smallest absolute Gasteiger partial charge is 0.330 e. The highest BCUT2D eigenvalue weighted by Crippen LogP contribution is 2.49. The molecule has 0 spiro atoms. The van der Waals surface area contributed by atoms with Crippen molar-refractivity contribution in [3.05, 3.63) is 72.9 Å². The van der Waals surface area contributed by atoms with E-state index in [1.807, 2.05) is 33.0 Å². The molecule has 0 unspecified atom stereocenters. The van der Waals surface area contributed by atoms with Crippen molar-refractivity contribution in [2.45, 2.75) is 115 Å². The highest BCUT2D eigenvalue weighted by molar-refractivity contribution is 9.10. The summed E-state index contributed by atoms with van der Waals surface area (Å²) in [6.45, 7) is 10.1. The average Bonchev–Trinajstić information content (AvgIpc) is 3.93. The van der Waals surface area contributed by atoms with E-state index in [4.69, 9.17) is 9.47 Å². The van der Waals surface area contributed by atoms with E-state index in [9.17, 15) is 43.7 Å². The second-order valence-corrected chi connectivity index (χ2v) is 18.3. The van der Waals surface area contributed by atoms with E-state index in [0.29, 0.717) is 36.7 Å². The van der Waals surface area contributed by atoms with Crippen LogP contribution >= 0.6 is 15.9 Å². The van der Waals surface area contributed by atoms with Gasteiger partial charge in [-0.25, -0.2) is 4.79 Å². The maximum atomic E-state index is 14.4. The predicted molar refractivity (Wildman–Crippen MR) is 217 cm³/mol. The van der Waals surface area contributed by atoms with Crippen LogP contribution in [0.25, 0.3) is 16.5 Å². The topological polar surface area (TPSA) is 223 Å². The molecule has 0 radical (unpaired) electrons. The second-order valence-electron chi connectivity index (χ2n) is 17.5. The highest BCUT2D eigenvalue weighted by Gasteiger charge is 2.72. The molecule has 4 fully saturated rings. The van der Waals surface area contributed by atoms with Gasteiger partial charge in [0.05, 0.1) is 22.8 Å². The Morgan fingerprint density at radius 2 is 1.85 bits per heavy atom. The number of ether oxygens (including phenoxy) is 2. The van der Waals surface area contributed by atoms with Crippen LogP contribution in [0, 0.1) is 23.6 Å². The number of H-pyrrole nitrogens is 2. The van der Waals surface area contributed by atoms with Crippen molar-refractivity contribution >= 4 is 50.1 Å². The molecule has 0 bridgehead atoms. The van der Waals surface area contributed by atoms with Crippen LogP contribution in [0.2, 0.25) is 0 Å². The number of likely N-dealkylation sites (N-methyl/N-ethyl adjacent to an activating group) is 1. The van der Waals surface area contributed by atoms with E-state index in [0.717, 1.165) is 34.1 Å². The summed E-state index contributed by atoms with van der Waals surface area (Å²) in [4.78, 5) is 74.8. The number of hydrogen-bond acceptors (Lipinski definition) is 11. The summed E-state index contributed by atoms with van der Waals surface area (Å²) < 4.78 is 26.3. The number of amides is 3. The van der Waals surface area contributed by atoms with E-state index in [1.54, 1.807) is 23.7 Å². The molecule has 7 heterocycles. The van der Waals surface area contributed by atoms with E-state index in [-0.39, 0.29) is 23.8 Å². The van der Waals surface area contributed by atoms with Crippen LogP contribution in [0.5, 0.6) is 0 Å². The van der Waals surface area contributed by atoms with E-state index in [1.165, 1.54) is 22.8 Å². The van der Waals surface area contributed by atoms with Crippen molar-refractivity contribution in [1.82, 2.24) is 34.6 Å². The zero-order valence-corrected chi connectivity index (χ0v) is 35.7. The first-order chi connectivity index (χ1) is 28.3. The van der Waals surface area contributed by atoms with Crippen molar-refractivity contribution in [2.24, 2.45) is 17.8 Å². The summed E-state index contributed by atoms with van der Waals surface area (Å²) in [5.41, 5.74) is 0.615. The molecule has 17 nitrogen and oxygen atoms in total. The number of benzene rings is 1. The minimum atomic E-state index is -2.01. The molecule has 1 aliphatic carbocycles. The molecular weight excluding hydrogens is 849 g/mol. The molecule has 3 amide bonds. The lowest BCUT2D eigenvalue weighted by Crippen LogP contribution is -2.71. The second kappa shape index (κ2) is 15.3. The highest BCUT2D eigenvalue weighted by atomic mass is 79.9. The van der Waals surface area contributed by atoms with Crippen LogP contribution in [0.1, 0.15) is 71.2 Å². The number of carbonyl (C=O) groups excluding carboxylic acids is 3. The zero-order valence-electron chi connectivity index (χ0n) is 34.1. The van der Waals surface area contributed by atoms with Gasteiger partial charge < -0.3 is 35.3 Å². The van der Waals surface area contributed by atoms with Crippen molar-refractivity contribution in [2.75, 3.05) is 20.1 Å². The first-order valence-electron chi connectivity index (χ1n) is 20.4. The van der Waals surface area contributed by atoms with Gasteiger partial charge in [-0.05, 0) is 84.3 Å². The van der Waals surface area contributed by atoms with Gasteiger partial charge in [0, 0.05) is 36.0 Å². The Morgan fingerprint density at radius 3 is 2.52 bits per heavy atom. The predicted octanol–water partition coefficient (Wildman–Crippen LogP) is 1.51. The fraction of sp³-hybridized carbons (Fsp3) is 0.585. The lowest BCUT2D eigenvalue weighted by molar-refractivity contribution is -0.322. The molecular formula is C41H51BrFN7O10. The Labute approximate surface area is 352 Å². The van der Waals surface area contributed by atoms with Gasteiger partial charge in [0.15, 0.2) is 6.23 Å². The SMILES string of the molecule is CC(C)C[C@H]1C(=O)N2CCC[C@H]2[C@]2(O)O[C@](NC(=O)[C@@H]3C=C4c5cccc6[nH]c(Br)c(c56)C[C@H]4N(C)C3)(C(C)C)C(=O)N12.C[C@H]1O[C@@H](n2cc(F)c(=O)[nH]c2=O)[C@H](O)[C@@H]1O. The van der Waals surface area contributed by atoms with E-state index < -0.39 is 83.1 Å². The number of halogens is 2. The van der Waals surface area contributed by atoms with Crippen LogP contribution in [-0.2, 0) is 30.3 Å². The van der Waals surface area contributed by atoms with Crippen molar-refractivity contribution in [3.63, 3.8) is 0 Å². The Kier molecular flexibility index (Phi) is 10.8. The van der Waals surface area contributed by atoms with Gasteiger partial charge in [-0.1, -0.05) is 45.9 Å². The lowest BCUT2D eigenvalue weighted by atomic mass is 9.79. The fourth-order valence-corrected chi connectivity index (χ4v) is 10.4. The normalized spacial score (nSPS) is 33.5. The summed E-state index contributed by atoms with van der Waals surface area (Å²) in [6, 6.07) is 4.76. The number of nitrogens with one attached hydrogen (secondary N) is 3. The molecule has 6 aliphatic rings. The van der Waals surface area contributed by atoms with Crippen LogP contribution in [0.3, 0.4) is 0 Å². The van der Waals surface area contributed by atoms with E-state index >= 15 is 0 Å². The average molecular weight is 901 g/mol. The molecule has 2 aromatic heterocycles. The number of nitrogens with zero attached hydrogens (tertiary/aromatic N) is 4. The fourth-order valence-electron chi connectivity index (χ4n) is 9.85. The maximum absolute atomic E-state index is 14.4. The van der Waals surface area contributed by atoms with Gasteiger partial charge in [0.2, 0.25) is 23.4 Å². The number of aliphatic hydroxyl groups is 3. The van der Waals surface area contributed by atoms with Gasteiger partial charge >= 0.3 is 5.69 Å². The third kappa shape index (κ3) is 6.58. The molecule has 19 heteroatoms. The number of piperazine rings is 1. The first kappa shape index (κ1) is 42.5. The number of carbonyl (C=O) groups is 3. The van der Waals surface area contributed by atoms with Gasteiger partial charge in [-0.2, -0.15) is 4.39 Å². The van der Waals surface area contributed by atoms with Gasteiger partial charge in [0.25, 0.3) is 17.4 Å². The maximum Gasteiger partial charge on any atom is 0.330 e. The molecule has 9 rings (SSSR count). The summed E-state index contributed by atoms with van der Waals surface area (Å²) in [7, 11) is 2.03. The monoisotopic (exact) mass is 899 g/mol. The van der Waals surface area contributed by atoms with Crippen molar-refractivity contribution in [3.8, 4) is 0 Å². The molecule has 3 aromatic rings. The van der Waals surface area contributed by atoms with Crippen LogP contribution in [0.15, 0.2) is 44.7 Å². The zero-order chi connectivity index (χ0) is 43.3. The van der Waals surface area contributed by atoms with Gasteiger partial charge in [-0.15, -0.1) is 0 Å². The number of aromatic nitrogens is 3. The minimum absolute atomic E-state index is 0.104. The molecule has 10 atom stereocenters. The number of hydrogen-bond donors (Lipinski definition) is 6. The van der Waals surface area contributed by atoms with Crippen LogP contribution in [0.4, 0.5) is 4.39 Å². The third-order valence-electron chi connectivity index (χ3n) is 12.9. The van der Waals surface area contributed by atoms with Crippen molar-refractivity contribution < 1.29 is 43.6 Å². The molecule has 5 aliphatic heterocycles. The summed E-state index contributed by atoms with van der Waals surface area (Å²) in [5, 5.41) is 35.4. The first-order valence-corrected chi connectivity index (χ1v) is 21.2. The largest absolute Gasteiger partial charge is 0.388 e. The number of fused-ring (bicyclic) bond motifs is 5. The Hall–Kier alpha value is -4.24. The molecule has 1 aromatic carbocycles. The molecule has 6 N–H and O–H groups in total. The van der Waals surface area contributed by atoms with Gasteiger partial charge in [0.1, 0.15) is 24.3 Å². The van der Waals surface area contributed by atoms with Crippen LogP contribution in [-0.4, -0.2) is 130 Å². The molecule has 4 saturated heterocycles. The summed E-state index contributed by atoms with van der Waals surface area (Å²) in [5.74, 6) is -5.19. The Balaban J connectivity index is 0.000000246. The Bertz CT molecular complexity index is 2400. The number of aromatic amines is 2. The molecule has 324 valence electrons. The van der Waals surface area contributed by atoms with Crippen molar-refractivity contribution in [1.29, 1.82) is 0 Å². The standard InChI is InChI=1S/C32H40BrN5O5.C9H11FN2O5/c1-16(2)12-24-29(40)37-11-7-10-25(37)32(42)38(24)30(41)31(43-32,17(3)4)35-28(39)18-13-20-19-8-6-9-22-26(19)21(27(33)34-22)14-23(20)36(5)15-18;1-3-5(13)6(14)8(17-3)12-2-4(10)7(15)11-9(12)16/h6,8-9,13,16-18,23-25,34,42H,7,10-12,14-15H2,1-5H3,(H,35,39);2-3,5-6,8,13-14H,1H3,(H,11,15,16)/t18-,23-,24+,25+,31-,32+;3-,5-,6-,8-/m11/s1. The Morgan fingerprint density at radius 1 is 1.12 bits per heavy atom. The minimum Gasteiger partial charge on any atom is -0.388 e. The van der Waals surface area contributed by atoms with Crippen LogP contribution < -0.4 is 16.6 Å². The van der Waals surface area contributed by atoms with Gasteiger partial charge in [-0.3, -0.25) is 43.3 Å². The summed E-state index contributed by atoms with van der Waals surface area (Å²) in [6.07, 6.45) is 0.659. The molecule has 60 heavy (non-hydrogen) atoms. The third-order valence-corrected chi connectivity index (χ3v) is 13.6. The lowest BCUT2D eigenvalue weighted by Gasteiger charge is -2.49.